The normalized spacial score (nSPS) is 11.8. The fourth-order valence-electron chi connectivity index (χ4n) is 2.12. The minimum absolute atomic E-state index is 0.117. The van der Waals surface area contributed by atoms with Gasteiger partial charge in [-0.3, -0.25) is 9.97 Å². The molecule has 106 valence electrons. The lowest BCUT2D eigenvalue weighted by Crippen LogP contribution is -2.08. The van der Waals surface area contributed by atoms with E-state index in [0.717, 1.165) is 6.07 Å². The van der Waals surface area contributed by atoms with Crippen molar-refractivity contribution in [1.29, 1.82) is 0 Å². The SMILES string of the molecule is FC(F)(F)c1cccnc1-c1ccc2c(Cl)ccnc2c1. The zero-order valence-corrected chi connectivity index (χ0v) is 11.3. The first kappa shape index (κ1) is 13.8. The summed E-state index contributed by atoms with van der Waals surface area (Å²) in [5.41, 5.74) is -0.0102. The highest BCUT2D eigenvalue weighted by Crippen LogP contribution is 2.36. The number of alkyl halides is 3. The fraction of sp³-hybridized carbons (Fsp3) is 0.0667. The van der Waals surface area contributed by atoms with Gasteiger partial charge >= 0.3 is 6.18 Å². The number of benzene rings is 1. The molecule has 0 unspecified atom stereocenters. The van der Waals surface area contributed by atoms with E-state index in [-0.39, 0.29) is 5.69 Å². The number of hydrogen-bond acceptors (Lipinski definition) is 2. The molecule has 0 saturated carbocycles. The summed E-state index contributed by atoms with van der Waals surface area (Å²) in [7, 11) is 0. The average Bonchev–Trinajstić information content (AvgIpc) is 2.46. The standard InChI is InChI=1S/C15H8ClF3N2/c16-12-5-7-20-13-8-9(3-4-10(12)13)14-11(15(17,18)19)2-1-6-21-14/h1-8H. The summed E-state index contributed by atoms with van der Waals surface area (Å²) >= 11 is 6.02. The van der Waals surface area contributed by atoms with Crippen molar-refractivity contribution >= 4 is 22.5 Å². The molecule has 6 heteroatoms. The van der Waals surface area contributed by atoms with Crippen molar-refractivity contribution in [2.24, 2.45) is 0 Å². The second-order valence-electron chi connectivity index (χ2n) is 4.42. The molecule has 0 bridgehead atoms. The van der Waals surface area contributed by atoms with Gasteiger partial charge in [0.1, 0.15) is 0 Å². The van der Waals surface area contributed by atoms with E-state index in [2.05, 4.69) is 9.97 Å². The van der Waals surface area contributed by atoms with Crippen LogP contribution < -0.4 is 0 Å². The molecule has 0 atom stereocenters. The second kappa shape index (κ2) is 5.00. The van der Waals surface area contributed by atoms with E-state index in [1.165, 1.54) is 18.5 Å². The molecule has 0 aliphatic carbocycles. The van der Waals surface area contributed by atoms with Gasteiger partial charge in [0.25, 0.3) is 0 Å². The smallest absolute Gasteiger partial charge is 0.256 e. The Labute approximate surface area is 123 Å². The Morgan fingerprint density at radius 1 is 0.952 bits per heavy atom. The first-order valence-corrected chi connectivity index (χ1v) is 6.41. The lowest BCUT2D eigenvalue weighted by atomic mass is 10.0. The Bertz CT molecular complexity index is 815. The van der Waals surface area contributed by atoms with Crippen LogP contribution in [0.15, 0.2) is 48.8 Å². The third-order valence-corrected chi connectivity index (χ3v) is 3.41. The van der Waals surface area contributed by atoms with Crippen LogP contribution in [0, 0.1) is 0 Å². The summed E-state index contributed by atoms with van der Waals surface area (Å²) in [6, 6.07) is 8.67. The fourth-order valence-corrected chi connectivity index (χ4v) is 2.34. The van der Waals surface area contributed by atoms with E-state index in [9.17, 15) is 13.2 Å². The van der Waals surface area contributed by atoms with Gasteiger partial charge in [-0.05, 0) is 24.3 Å². The molecule has 0 N–H and O–H groups in total. The lowest BCUT2D eigenvalue weighted by molar-refractivity contribution is -0.137. The number of halogens is 4. The van der Waals surface area contributed by atoms with E-state index in [0.29, 0.717) is 21.5 Å². The Morgan fingerprint density at radius 2 is 1.76 bits per heavy atom. The topological polar surface area (TPSA) is 25.8 Å². The molecule has 1 aromatic carbocycles. The molecule has 2 aromatic heterocycles. The van der Waals surface area contributed by atoms with Crippen molar-refractivity contribution in [2.75, 3.05) is 0 Å². The number of pyridine rings is 2. The van der Waals surface area contributed by atoms with Crippen molar-refractivity contribution < 1.29 is 13.2 Å². The summed E-state index contributed by atoms with van der Waals surface area (Å²) in [4.78, 5) is 7.99. The molecular formula is C15H8ClF3N2. The largest absolute Gasteiger partial charge is 0.418 e. The van der Waals surface area contributed by atoms with Crippen molar-refractivity contribution in [3.05, 3.63) is 59.4 Å². The van der Waals surface area contributed by atoms with Crippen LogP contribution in [0.5, 0.6) is 0 Å². The molecule has 2 nitrogen and oxygen atoms in total. The van der Waals surface area contributed by atoms with E-state index in [4.69, 9.17) is 11.6 Å². The molecule has 0 fully saturated rings. The van der Waals surface area contributed by atoms with Crippen LogP contribution in [0.25, 0.3) is 22.2 Å². The predicted molar refractivity (Wildman–Crippen MR) is 75.0 cm³/mol. The van der Waals surface area contributed by atoms with Crippen LogP contribution in [-0.2, 0) is 6.18 Å². The maximum absolute atomic E-state index is 13.0. The highest BCUT2D eigenvalue weighted by molar-refractivity contribution is 6.35. The van der Waals surface area contributed by atoms with Gasteiger partial charge in [0, 0.05) is 23.3 Å². The van der Waals surface area contributed by atoms with Crippen molar-refractivity contribution in [1.82, 2.24) is 9.97 Å². The molecule has 3 rings (SSSR count). The number of fused-ring (bicyclic) bond motifs is 1. The quantitative estimate of drug-likeness (QED) is 0.634. The van der Waals surface area contributed by atoms with Gasteiger partial charge in [-0.1, -0.05) is 23.7 Å². The summed E-state index contributed by atoms with van der Waals surface area (Å²) in [5.74, 6) is 0. The van der Waals surface area contributed by atoms with Gasteiger partial charge < -0.3 is 0 Å². The first-order chi connectivity index (χ1) is 9.97. The minimum Gasteiger partial charge on any atom is -0.256 e. The molecule has 0 spiro atoms. The van der Waals surface area contributed by atoms with E-state index >= 15 is 0 Å². The lowest BCUT2D eigenvalue weighted by Gasteiger charge is -2.12. The molecule has 0 aliphatic rings. The number of nitrogens with zero attached hydrogens (tertiary/aromatic N) is 2. The highest BCUT2D eigenvalue weighted by atomic mass is 35.5. The summed E-state index contributed by atoms with van der Waals surface area (Å²) in [5, 5.41) is 1.19. The van der Waals surface area contributed by atoms with E-state index in [1.807, 2.05) is 0 Å². The molecule has 21 heavy (non-hydrogen) atoms. The molecule has 0 amide bonds. The van der Waals surface area contributed by atoms with Crippen LogP contribution >= 0.6 is 11.6 Å². The number of hydrogen-bond donors (Lipinski definition) is 0. The first-order valence-electron chi connectivity index (χ1n) is 6.03. The predicted octanol–water partition coefficient (Wildman–Crippen LogP) is 4.97. The van der Waals surface area contributed by atoms with Crippen molar-refractivity contribution in [2.45, 2.75) is 6.18 Å². The van der Waals surface area contributed by atoms with Crippen LogP contribution in [0.1, 0.15) is 5.56 Å². The molecule has 3 aromatic rings. The highest BCUT2D eigenvalue weighted by Gasteiger charge is 2.34. The summed E-state index contributed by atoms with van der Waals surface area (Å²) < 4.78 is 39.1. The monoisotopic (exact) mass is 308 g/mol. The molecule has 0 saturated heterocycles. The van der Waals surface area contributed by atoms with Crippen LogP contribution in [0.2, 0.25) is 5.02 Å². The van der Waals surface area contributed by atoms with Gasteiger partial charge in [-0.25, -0.2) is 0 Å². The van der Waals surface area contributed by atoms with Crippen LogP contribution in [0.3, 0.4) is 0 Å². The van der Waals surface area contributed by atoms with Gasteiger partial charge in [0.2, 0.25) is 0 Å². The zero-order valence-electron chi connectivity index (χ0n) is 10.5. The average molecular weight is 309 g/mol. The Balaban J connectivity index is 2.22. The number of aromatic nitrogens is 2. The number of rotatable bonds is 1. The van der Waals surface area contributed by atoms with Gasteiger partial charge in [-0.2, -0.15) is 13.2 Å². The molecule has 0 aliphatic heterocycles. The van der Waals surface area contributed by atoms with Gasteiger partial charge in [0.05, 0.1) is 21.8 Å². The third kappa shape index (κ3) is 2.56. The maximum Gasteiger partial charge on any atom is 0.418 e. The maximum atomic E-state index is 13.0. The molecule has 2 heterocycles. The van der Waals surface area contributed by atoms with Gasteiger partial charge in [0.15, 0.2) is 0 Å². The molecule has 0 radical (unpaired) electrons. The van der Waals surface area contributed by atoms with Crippen LogP contribution in [0.4, 0.5) is 13.2 Å². The third-order valence-electron chi connectivity index (χ3n) is 3.08. The minimum atomic E-state index is -4.46. The second-order valence-corrected chi connectivity index (χ2v) is 4.83. The Morgan fingerprint density at radius 3 is 2.52 bits per heavy atom. The van der Waals surface area contributed by atoms with E-state index in [1.54, 1.807) is 24.3 Å². The van der Waals surface area contributed by atoms with Crippen molar-refractivity contribution in [3.8, 4) is 11.3 Å². The summed E-state index contributed by atoms with van der Waals surface area (Å²) in [6.07, 6.45) is -1.61. The van der Waals surface area contributed by atoms with Crippen LogP contribution in [-0.4, -0.2) is 9.97 Å². The summed E-state index contributed by atoms with van der Waals surface area (Å²) in [6.45, 7) is 0. The molecular weight excluding hydrogens is 301 g/mol. The van der Waals surface area contributed by atoms with Gasteiger partial charge in [-0.15, -0.1) is 0 Å². The Kier molecular flexibility index (Phi) is 3.29. The Hall–Kier alpha value is -2.14. The zero-order chi connectivity index (χ0) is 15.0. The van der Waals surface area contributed by atoms with Crippen molar-refractivity contribution in [3.63, 3.8) is 0 Å². The van der Waals surface area contributed by atoms with E-state index < -0.39 is 11.7 Å².